The maximum Gasteiger partial charge on any atom is 0.261 e. The summed E-state index contributed by atoms with van der Waals surface area (Å²) in [6.07, 6.45) is 0.330. The molecule has 0 heterocycles. The highest BCUT2D eigenvalue weighted by atomic mass is 79.9. The number of nitrogens with one attached hydrogen (secondary N) is 1. The highest BCUT2D eigenvalue weighted by Crippen LogP contribution is 2.28. The van der Waals surface area contributed by atoms with Crippen molar-refractivity contribution in [2.75, 3.05) is 6.61 Å². The van der Waals surface area contributed by atoms with Crippen LogP contribution in [0.3, 0.4) is 0 Å². The molecular weight excluding hydrogens is 587 g/mol. The zero-order chi connectivity index (χ0) is 26.2. The average Bonchev–Trinajstić information content (AvgIpc) is 2.83. The molecule has 0 saturated heterocycles. The molecule has 0 radical (unpaired) electrons. The van der Waals surface area contributed by atoms with Crippen LogP contribution in [-0.4, -0.2) is 35.4 Å². The molecule has 1 atom stereocenters. The van der Waals surface area contributed by atoms with E-state index in [1.54, 1.807) is 36.4 Å². The fourth-order valence-electron chi connectivity index (χ4n) is 3.58. The summed E-state index contributed by atoms with van der Waals surface area (Å²) < 4.78 is 6.42. The van der Waals surface area contributed by atoms with Gasteiger partial charge in [-0.2, -0.15) is 0 Å². The lowest BCUT2D eigenvalue weighted by atomic mass is 10.0. The van der Waals surface area contributed by atoms with E-state index >= 15 is 0 Å². The molecule has 2 amide bonds. The summed E-state index contributed by atoms with van der Waals surface area (Å²) in [4.78, 5) is 28.5. The van der Waals surface area contributed by atoms with E-state index in [4.69, 9.17) is 39.5 Å². The molecule has 190 valence electrons. The Morgan fingerprint density at radius 2 is 1.67 bits per heavy atom. The van der Waals surface area contributed by atoms with E-state index in [0.29, 0.717) is 31.7 Å². The fraction of sp³-hybridized carbons (Fsp3) is 0.259. The van der Waals surface area contributed by atoms with Crippen LogP contribution in [0.25, 0.3) is 0 Å². The highest BCUT2D eigenvalue weighted by molar-refractivity contribution is 9.10. The van der Waals surface area contributed by atoms with Crippen molar-refractivity contribution >= 4 is 62.5 Å². The van der Waals surface area contributed by atoms with Crippen molar-refractivity contribution in [3.63, 3.8) is 0 Å². The van der Waals surface area contributed by atoms with Crippen molar-refractivity contribution in [2.24, 2.45) is 0 Å². The van der Waals surface area contributed by atoms with Crippen LogP contribution in [0.5, 0.6) is 5.75 Å². The van der Waals surface area contributed by atoms with Crippen molar-refractivity contribution in [3.05, 3.63) is 97.4 Å². The first kappa shape index (κ1) is 28.3. The van der Waals surface area contributed by atoms with Crippen LogP contribution in [0.15, 0.2) is 71.2 Å². The third-order valence-corrected chi connectivity index (χ3v) is 6.88. The second-order valence-electron chi connectivity index (χ2n) is 8.50. The number of carbonyl (C=O) groups is 2. The van der Waals surface area contributed by atoms with Gasteiger partial charge in [0.2, 0.25) is 5.91 Å². The number of halogens is 4. The van der Waals surface area contributed by atoms with Crippen molar-refractivity contribution in [1.29, 1.82) is 0 Å². The Labute approximate surface area is 234 Å². The van der Waals surface area contributed by atoms with E-state index in [9.17, 15) is 9.59 Å². The van der Waals surface area contributed by atoms with Gasteiger partial charge >= 0.3 is 0 Å². The minimum absolute atomic E-state index is 0.0982. The first-order valence-corrected chi connectivity index (χ1v) is 13.2. The quantitative estimate of drug-likeness (QED) is 0.270. The third-order valence-electron chi connectivity index (χ3n) is 5.28. The van der Waals surface area contributed by atoms with Gasteiger partial charge in [0.05, 0.1) is 14.5 Å². The van der Waals surface area contributed by atoms with Crippen molar-refractivity contribution in [2.45, 2.75) is 38.9 Å². The predicted octanol–water partition coefficient (Wildman–Crippen LogP) is 6.95. The first-order valence-electron chi connectivity index (χ1n) is 11.3. The molecule has 1 N–H and O–H groups in total. The van der Waals surface area contributed by atoms with Gasteiger partial charge in [-0.1, -0.05) is 71.2 Å². The Morgan fingerprint density at radius 1 is 0.944 bits per heavy atom. The summed E-state index contributed by atoms with van der Waals surface area (Å²) in [7, 11) is 0. The standard InChI is InChI=1S/C27H26BrCl3N2O3/c1-17(2)32-27(35)24(13-18-6-4-3-5-7-18)33(15-19-8-10-22(30)23(31)12-19)26(34)16-36-25-11-9-20(29)14-21(25)28/h3-12,14,17,24H,13,15-16H2,1-2H3,(H,32,35)/t24-/m0/s1. The third kappa shape index (κ3) is 8.13. The molecule has 0 aromatic heterocycles. The Kier molecular flexibility index (Phi) is 10.5. The number of amides is 2. The number of rotatable bonds is 10. The molecular formula is C27H26BrCl3N2O3. The maximum atomic E-state index is 13.6. The van der Waals surface area contributed by atoms with Gasteiger partial charge in [0.15, 0.2) is 6.61 Å². The Morgan fingerprint density at radius 3 is 2.31 bits per heavy atom. The molecule has 0 aliphatic heterocycles. The van der Waals surface area contributed by atoms with Crippen molar-refractivity contribution in [1.82, 2.24) is 10.2 Å². The van der Waals surface area contributed by atoms with Gasteiger partial charge in [0.25, 0.3) is 5.91 Å². The SMILES string of the molecule is CC(C)NC(=O)[C@H](Cc1ccccc1)N(Cc1ccc(Cl)c(Cl)c1)C(=O)COc1ccc(Cl)cc1Br. The molecule has 0 aliphatic carbocycles. The molecule has 3 aromatic carbocycles. The smallest absolute Gasteiger partial charge is 0.261 e. The largest absolute Gasteiger partial charge is 0.483 e. The Bertz CT molecular complexity index is 1210. The van der Waals surface area contributed by atoms with Crippen LogP contribution in [0.1, 0.15) is 25.0 Å². The molecule has 0 unspecified atom stereocenters. The lowest BCUT2D eigenvalue weighted by Crippen LogP contribution is -2.52. The second kappa shape index (κ2) is 13.3. The van der Waals surface area contributed by atoms with Crippen LogP contribution in [0.2, 0.25) is 15.1 Å². The molecule has 0 bridgehead atoms. The van der Waals surface area contributed by atoms with E-state index in [2.05, 4.69) is 21.2 Å². The van der Waals surface area contributed by atoms with Gasteiger partial charge in [0.1, 0.15) is 11.8 Å². The number of benzene rings is 3. The molecule has 3 aromatic rings. The van der Waals surface area contributed by atoms with Crippen LogP contribution in [0, 0.1) is 0 Å². The number of ether oxygens (including phenoxy) is 1. The molecule has 3 rings (SSSR count). The molecule has 0 fully saturated rings. The molecule has 5 nitrogen and oxygen atoms in total. The fourth-order valence-corrected chi connectivity index (χ4v) is 4.70. The zero-order valence-corrected chi connectivity index (χ0v) is 23.7. The van der Waals surface area contributed by atoms with E-state index in [1.165, 1.54) is 4.90 Å². The second-order valence-corrected chi connectivity index (χ2v) is 10.6. The monoisotopic (exact) mass is 610 g/mol. The van der Waals surface area contributed by atoms with Gasteiger partial charge in [-0.15, -0.1) is 0 Å². The molecule has 0 spiro atoms. The molecule has 9 heteroatoms. The van der Waals surface area contributed by atoms with E-state index in [1.807, 2.05) is 44.2 Å². The summed E-state index contributed by atoms with van der Waals surface area (Å²) in [6.45, 7) is 3.62. The van der Waals surface area contributed by atoms with E-state index in [0.717, 1.165) is 11.1 Å². The van der Waals surface area contributed by atoms with Gasteiger partial charge in [-0.25, -0.2) is 0 Å². The maximum absolute atomic E-state index is 13.6. The normalized spacial score (nSPS) is 11.8. The number of carbonyl (C=O) groups excluding carboxylic acids is 2. The zero-order valence-electron chi connectivity index (χ0n) is 19.8. The number of hydrogen-bond donors (Lipinski definition) is 1. The summed E-state index contributed by atoms with van der Waals surface area (Å²) in [5, 5.41) is 4.27. The molecule has 0 saturated carbocycles. The summed E-state index contributed by atoms with van der Waals surface area (Å²) in [5.41, 5.74) is 1.66. The van der Waals surface area contributed by atoms with E-state index < -0.39 is 6.04 Å². The lowest BCUT2D eigenvalue weighted by Gasteiger charge is -2.32. The lowest BCUT2D eigenvalue weighted by molar-refractivity contribution is -0.143. The van der Waals surface area contributed by atoms with Crippen LogP contribution in [0.4, 0.5) is 0 Å². The van der Waals surface area contributed by atoms with Crippen LogP contribution < -0.4 is 10.1 Å². The van der Waals surface area contributed by atoms with E-state index in [-0.39, 0.29) is 31.0 Å². The van der Waals surface area contributed by atoms with Crippen molar-refractivity contribution < 1.29 is 14.3 Å². The Balaban J connectivity index is 1.94. The number of nitrogens with zero attached hydrogens (tertiary/aromatic N) is 1. The van der Waals surface area contributed by atoms with Gasteiger partial charge < -0.3 is 15.0 Å². The van der Waals surface area contributed by atoms with Crippen LogP contribution in [-0.2, 0) is 22.6 Å². The van der Waals surface area contributed by atoms with Gasteiger partial charge in [0, 0.05) is 24.0 Å². The van der Waals surface area contributed by atoms with Crippen molar-refractivity contribution in [3.8, 4) is 5.75 Å². The Hall–Kier alpha value is -2.25. The predicted molar refractivity (Wildman–Crippen MR) is 149 cm³/mol. The first-order chi connectivity index (χ1) is 17.1. The summed E-state index contributed by atoms with van der Waals surface area (Å²) >= 11 is 21.7. The summed E-state index contributed by atoms with van der Waals surface area (Å²) in [5.74, 6) is -0.147. The minimum atomic E-state index is -0.783. The minimum Gasteiger partial charge on any atom is -0.483 e. The highest BCUT2D eigenvalue weighted by Gasteiger charge is 2.31. The van der Waals surface area contributed by atoms with Gasteiger partial charge in [-0.3, -0.25) is 9.59 Å². The average molecular weight is 613 g/mol. The molecule has 36 heavy (non-hydrogen) atoms. The van der Waals surface area contributed by atoms with Crippen LogP contribution >= 0.6 is 50.7 Å². The number of hydrogen-bond acceptors (Lipinski definition) is 3. The topological polar surface area (TPSA) is 58.6 Å². The van der Waals surface area contributed by atoms with Gasteiger partial charge in [-0.05, 0) is 71.2 Å². The summed E-state index contributed by atoms with van der Waals surface area (Å²) in [6, 6.07) is 18.9. The molecule has 0 aliphatic rings.